The van der Waals surface area contributed by atoms with E-state index in [1.54, 1.807) is 38.1 Å². The molecule has 2 rings (SSSR count). The number of rotatable bonds is 5. The predicted molar refractivity (Wildman–Crippen MR) is 78.8 cm³/mol. The van der Waals surface area contributed by atoms with E-state index in [2.05, 4.69) is 10.6 Å². The van der Waals surface area contributed by atoms with Gasteiger partial charge in [-0.1, -0.05) is 44.2 Å². The molecule has 1 aromatic rings. The van der Waals surface area contributed by atoms with E-state index in [4.69, 9.17) is 0 Å². The average molecular weight is 302 g/mol. The van der Waals surface area contributed by atoms with Crippen LogP contribution in [-0.4, -0.2) is 23.6 Å². The number of carbonyl (C=O) groups is 4. The molecule has 1 aliphatic heterocycles. The third-order valence-electron chi connectivity index (χ3n) is 3.73. The van der Waals surface area contributed by atoms with Gasteiger partial charge in [0.2, 0.25) is 11.8 Å². The number of urea groups is 1. The molecule has 1 fully saturated rings. The molecular weight excluding hydrogens is 284 g/mol. The molecule has 0 spiro atoms. The first-order valence-corrected chi connectivity index (χ1v) is 7.13. The molecule has 4 amide bonds. The number of barbiturate groups is 1. The summed E-state index contributed by atoms with van der Waals surface area (Å²) in [5, 5.41) is 4.18. The zero-order valence-corrected chi connectivity index (χ0v) is 12.5. The highest BCUT2D eigenvalue weighted by molar-refractivity contribution is 6.16. The van der Waals surface area contributed by atoms with Gasteiger partial charge in [0.15, 0.2) is 0 Å². The van der Waals surface area contributed by atoms with Crippen molar-refractivity contribution in [2.24, 2.45) is 11.8 Å². The summed E-state index contributed by atoms with van der Waals surface area (Å²) >= 11 is 0. The van der Waals surface area contributed by atoms with Gasteiger partial charge in [-0.2, -0.15) is 0 Å². The molecule has 0 unspecified atom stereocenters. The van der Waals surface area contributed by atoms with Gasteiger partial charge in [0, 0.05) is 18.3 Å². The smallest absolute Gasteiger partial charge is 0.299 e. The Morgan fingerprint density at radius 3 is 2.09 bits per heavy atom. The van der Waals surface area contributed by atoms with Crippen molar-refractivity contribution in [3.63, 3.8) is 0 Å². The van der Waals surface area contributed by atoms with Gasteiger partial charge in [-0.25, -0.2) is 4.79 Å². The van der Waals surface area contributed by atoms with Crippen LogP contribution in [0.2, 0.25) is 0 Å². The zero-order valence-electron chi connectivity index (χ0n) is 12.5. The summed E-state index contributed by atoms with van der Waals surface area (Å²) in [6.45, 7) is 3.55. The van der Waals surface area contributed by atoms with Crippen molar-refractivity contribution < 1.29 is 19.2 Å². The third kappa shape index (κ3) is 3.39. The molecule has 22 heavy (non-hydrogen) atoms. The molecule has 116 valence electrons. The highest BCUT2D eigenvalue weighted by Gasteiger charge is 2.41. The number of hydrogen-bond acceptors (Lipinski definition) is 4. The number of ketones is 1. The topological polar surface area (TPSA) is 92.3 Å². The van der Waals surface area contributed by atoms with Crippen molar-refractivity contribution in [2.75, 3.05) is 0 Å². The Morgan fingerprint density at radius 2 is 1.59 bits per heavy atom. The summed E-state index contributed by atoms with van der Waals surface area (Å²) in [5.41, 5.74) is 0.723. The summed E-state index contributed by atoms with van der Waals surface area (Å²) in [6.07, 6.45) is 0.0708. The largest absolute Gasteiger partial charge is 0.328 e. The van der Waals surface area contributed by atoms with Gasteiger partial charge in [-0.3, -0.25) is 25.0 Å². The molecular formula is C16H18N2O4. The molecule has 1 heterocycles. The van der Waals surface area contributed by atoms with Crippen LogP contribution >= 0.6 is 0 Å². The lowest BCUT2D eigenvalue weighted by Crippen LogP contribution is -2.57. The normalized spacial score (nSPS) is 17.1. The van der Waals surface area contributed by atoms with E-state index in [-0.39, 0.29) is 18.1 Å². The van der Waals surface area contributed by atoms with Crippen LogP contribution in [0.5, 0.6) is 0 Å². The van der Waals surface area contributed by atoms with Crippen LogP contribution in [0.1, 0.15) is 31.7 Å². The zero-order chi connectivity index (χ0) is 16.3. The molecule has 2 N–H and O–H groups in total. The van der Waals surface area contributed by atoms with Crippen molar-refractivity contribution in [3.8, 4) is 0 Å². The lowest BCUT2D eigenvalue weighted by molar-refractivity contribution is -0.137. The monoisotopic (exact) mass is 302 g/mol. The quantitative estimate of drug-likeness (QED) is 0.803. The summed E-state index contributed by atoms with van der Waals surface area (Å²) < 4.78 is 0. The van der Waals surface area contributed by atoms with Crippen molar-refractivity contribution in [1.82, 2.24) is 10.6 Å². The lowest BCUT2D eigenvalue weighted by atomic mass is 9.79. The van der Waals surface area contributed by atoms with E-state index >= 15 is 0 Å². The first-order valence-electron chi connectivity index (χ1n) is 7.13. The molecule has 6 nitrogen and oxygen atoms in total. The van der Waals surface area contributed by atoms with Crippen LogP contribution in [0.25, 0.3) is 0 Å². The second-order valence-corrected chi connectivity index (χ2v) is 5.63. The van der Waals surface area contributed by atoms with Gasteiger partial charge in [0.25, 0.3) is 0 Å². The maximum absolute atomic E-state index is 12.1. The fourth-order valence-electron chi connectivity index (χ4n) is 2.48. The number of benzene rings is 1. The second kappa shape index (κ2) is 6.51. The minimum absolute atomic E-state index is 0.0358. The Balaban J connectivity index is 2.35. The van der Waals surface area contributed by atoms with Gasteiger partial charge in [-0.05, 0) is 5.56 Å². The molecule has 0 bridgehead atoms. The van der Waals surface area contributed by atoms with Gasteiger partial charge in [0.05, 0.1) is 0 Å². The van der Waals surface area contributed by atoms with E-state index in [0.717, 1.165) is 5.56 Å². The number of amides is 4. The Kier molecular flexibility index (Phi) is 4.70. The van der Waals surface area contributed by atoms with E-state index in [1.807, 2.05) is 6.07 Å². The molecule has 1 saturated heterocycles. The molecule has 0 aromatic heterocycles. The Morgan fingerprint density at radius 1 is 1.05 bits per heavy atom. The van der Waals surface area contributed by atoms with Gasteiger partial charge < -0.3 is 0 Å². The average Bonchev–Trinajstić information content (AvgIpc) is 2.45. The molecule has 0 aliphatic carbocycles. The highest BCUT2D eigenvalue weighted by Crippen LogP contribution is 2.31. The number of carbonyl (C=O) groups excluding carboxylic acids is 4. The first-order chi connectivity index (χ1) is 10.4. The Bertz CT molecular complexity index is 590. The molecule has 6 heteroatoms. The SMILES string of the molecule is CC(C)C(=O)C[C@@H](c1ccccc1)C1C(=O)NC(=O)NC1=O. The van der Waals surface area contributed by atoms with E-state index in [0.29, 0.717) is 0 Å². The Hall–Kier alpha value is -2.50. The number of nitrogens with one attached hydrogen (secondary N) is 2. The van der Waals surface area contributed by atoms with Crippen LogP contribution in [-0.2, 0) is 14.4 Å². The lowest BCUT2D eigenvalue weighted by Gasteiger charge is -2.28. The first kappa shape index (κ1) is 15.9. The van der Waals surface area contributed by atoms with Crippen molar-refractivity contribution >= 4 is 23.6 Å². The van der Waals surface area contributed by atoms with Crippen LogP contribution in [0.3, 0.4) is 0 Å². The maximum Gasteiger partial charge on any atom is 0.328 e. The minimum atomic E-state index is -1.09. The van der Waals surface area contributed by atoms with E-state index in [9.17, 15) is 19.2 Å². The fraction of sp³-hybridized carbons (Fsp3) is 0.375. The molecule has 0 radical (unpaired) electrons. The summed E-state index contributed by atoms with van der Waals surface area (Å²) in [4.78, 5) is 47.5. The molecule has 1 aromatic carbocycles. The summed E-state index contributed by atoms with van der Waals surface area (Å²) in [5.74, 6) is -3.25. The summed E-state index contributed by atoms with van der Waals surface area (Å²) in [6, 6.07) is 8.10. The van der Waals surface area contributed by atoms with E-state index in [1.165, 1.54) is 0 Å². The van der Waals surface area contributed by atoms with Crippen LogP contribution in [0, 0.1) is 11.8 Å². The van der Waals surface area contributed by atoms with Crippen LogP contribution < -0.4 is 10.6 Å². The number of Topliss-reactive ketones (excluding diaryl/α,β-unsaturated/α-hetero) is 1. The third-order valence-corrected chi connectivity index (χ3v) is 3.73. The fourth-order valence-corrected chi connectivity index (χ4v) is 2.48. The van der Waals surface area contributed by atoms with Gasteiger partial charge in [0.1, 0.15) is 11.7 Å². The van der Waals surface area contributed by atoms with Crippen molar-refractivity contribution in [2.45, 2.75) is 26.2 Å². The van der Waals surface area contributed by atoms with Crippen molar-refractivity contribution in [3.05, 3.63) is 35.9 Å². The van der Waals surface area contributed by atoms with Gasteiger partial charge in [-0.15, -0.1) is 0 Å². The predicted octanol–water partition coefficient (Wildman–Crippen LogP) is 1.37. The van der Waals surface area contributed by atoms with Gasteiger partial charge >= 0.3 is 6.03 Å². The second-order valence-electron chi connectivity index (χ2n) is 5.63. The maximum atomic E-state index is 12.1. The van der Waals surface area contributed by atoms with Crippen LogP contribution in [0.15, 0.2) is 30.3 Å². The standard InChI is InChI=1S/C16H18N2O4/c1-9(2)12(19)8-11(10-6-4-3-5-7-10)13-14(20)17-16(22)18-15(13)21/h3-7,9,11,13H,8H2,1-2H3,(H2,17,18,20,21,22)/t11-/m0/s1. The molecule has 1 atom stereocenters. The molecule has 0 saturated carbocycles. The highest BCUT2D eigenvalue weighted by atomic mass is 16.2. The van der Waals surface area contributed by atoms with E-state index < -0.39 is 29.7 Å². The molecule has 1 aliphatic rings. The van der Waals surface area contributed by atoms with Crippen LogP contribution in [0.4, 0.5) is 4.79 Å². The number of hydrogen-bond donors (Lipinski definition) is 2. The minimum Gasteiger partial charge on any atom is -0.299 e. The number of imide groups is 2. The Labute approximate surface area is 128 Å². The van der Waals surface area contributed by atoms with Crippen molar-refractivity contribution in [1.29, 1.82) is 0 Å². The summed E-state index contributed by atoms with van der Waals surface area (Å²) in [7, 11) is 0.